The number of halogens is 2. The average molecular weight is 331 g/mol. The highest BCUT2D eigenvalue weighted by Gasteiger charge is 2.20. The van der Waals surface area contributed by atoms with Gasteiger partial charge in [-0.1, -0.05) is 0 Å². The molecule has 1 aromatic carbocycles. The van der Waals surface area contributed by atoms with Crippen molar-refractivity contribution < 1.29 is 18.6 Å². The average Bonchev–Trinajstić information content (AvgIpc) is 2.93. The van der Waals surface area contributed by atoms with Crippen molar-refractivity contribution in [3.05, 3.63) is 48.6 Å². The van der Waals surface area contributed by atoms with Crippen LogP contribution in [0.1, 0.15) is 0 Å². The Kier molecular flexibility index (Phi) is 3.57. The van der Waals surface area contributed by atoms with Crippen molar-refractivity contribution in [2.24, 2.45) is 5.92 Å². The van der Waals surface area contributed by atoms with E-state index < -0.39 is 17.4 Å². The van der Waals surface area contributed by atoms with Crippen LogP contribution in [0.3, 0.4) is 0 Å². The number of phenols is 1. The van der Waals surface area contributed by atoms with Crippen LogP contribution in [-0.2, 0) is 0 Å². The van der Waals surface area contributed by atoms with Gasteiger partial charge >= 0.3 is 0 Å². The van der Waals surface area contributed by atoms with Gasteiger partial charge in [0, 0.05) is 42.9 Å². The number of ether oxygens (including phenoxy) is 1. The maximum Gasteiger partial charge on any atom is 0.145 e. The van der Waals surface area contributed by atoms with Crippen molar-refractivity contribution in [3.63, 3.8) is 0 Å². The number of benzene rings is 1. The number of hydrogen-bond acceptors (Lipinski definition) is 4. The summed E-state index contributed by atoms with van der Waals surface area (Å²) in [7, 11) is 0. The summed E-state index contributed by atoms with van der Waals surface area (Å²) in [5.74, 6) is -1.17. The van der Waals surface area contributed by atoms with E-state index in [-0.39, 0.29) is 5.56 Å². The Bertz CT molecular complexity index is 883. The minimum absolute atomic E-state index is 0.210. The molecule has 0 saturated carbocycles. The first-order valence-electron chi connectivity index (χ1n) is 7.59. The van der Waals surface area contributed by atoms with Crippen LogP contribution in [0.2, 0.25) is 0 Å². The van der Waals surface area contributed by atoms with Crippen molar-refractivity contribution in [1.82, 2.24) is 14.7 Å². The molecule has 2 N–H and O–H groups in total. The third-order valence-electron chi connectivity index (χ3n) is 4.14. The molecule has 0 radical (unpaired) electrons. The number of nitrogens with zero attached hydrogens (tertiary/aromatic N) is 2. The second-order valence-electron chi connectivity index (χ2n) is 5.90. The zero-order valence-corrected chi connectivity index (χ0v) is 12.7. The van der Waals surface area contributed by atoms with Crippen LogP contribution in [0.15, 0.2) is 36.9 Å². The van der Waals surface area contributed by atoms with Crippen LogP contribution in [0.25, 0.3) is 16.6 Å². The first-order chi connectivity index (χ1) is 11.6. The van der Waals surface area contributed by atoms with Crippen molar-refractivity contribution in [2.45, 2.75) is 0 Å². The first-order valence-corrected chi connectivity index (χ1v) is 7.59. The molecule has 0 amide bonds. The number of rotatable bonds is 4. The van der Waals surface area contributed by atoms with E-state index >= 15 is 0 Å². The molecule has 0 unspecified atom stereocenters. The quantitative estimate of drug-likeness (QED) is 0.771. The van der Waals surface area contributed by atoms with Crippen LogP contribution >= 0.6 is 0 Å². The standard InChI is InChI=1S/C17H15F2N3O2/c18-13-2-12(23)3-14(19)17(13)11-1-16(24-8-10-4-20-5-10)15-6-21-9-22(15)7-11/h1-3,6-7,9-10,20,23H,4-5,8H2. The number of aromatic nitrogens is 2. The van der Waals surface area contributed by atoms with E-state index in [0.29, 0.717) is 23.8 Å². The summed E-state index contributed by atoms with van der Waals surface area (Å²) in [5, 5.41) is 12.5. The molecule has 5 nitrogen and oxygen atoms in total. The van der Waals surface area contributed by atoms with Gasteiger partial charge in [0.1, 0.15) is 28.7 Å². The fourth-order valence-corrected chi connectivity index (χ4v) is 2.76. The Morgan fingerprint density at radius 3 is 2.67 bits per heavy atom. The highest BCUT2D eigenvalue weighted by atomic mass is 19.1. The van der Waals surface area contributed by atoms with Crippen LogP contribution in [0, 0.1) is 17.6 Å². The van der Waals surface area contributed by atoms with Gasteiger partial charge in [0.05, 0.1) is 24.7 Å². The van der Waals surface area contributed by atoms with E-state index in [1.54, 1.807) is 29.2 Å². The van der Waals surface area contributed by atoms with Crippen LogP contribution in [0.4, 0.5) is 8.78 Å². The summed E-state index contributed by atoms with van der Waals surface area (Å²) in [5.41, 5.74) is 0.835. The lowest BCUT2D eigenvalue weighted by Gasteiger charge is -2.27. The lowest BCUT2D eigenvalue weighted by Crippen LogP contribution is -2.45. The van der Waals surface area contributed by atoms with Crippen LogP contribution < -0.4 is 10.1 Å². The first kappa shape index (κ1) is 14.9. The predicted octanol–water partition coefficient (Wildman–Crippen LogP) is 2.58. The molecular weight excluding hydrogens is 316 g/mol. The summed E-state index contributed by atoms with van der Waals surface area (Å²) in [6.07, 6.45) is 4.77. The lowest BCUT2D eigenvalue weighted by molar-refractivity contribution is 0.200. The van der Waals surface area contributed by atoms with Crippen molar-refractivity contribution in [1.29, 1.82) is 0 Å². The van der Waals surface area contributed by atoms with Crippen LogP contribution in [-0.4, -0.2) is 34.2 Å². The topological polar surface area (TPSA) is 58.8 Å². The molecule has 0 aliphatic carbocycles. The third kappa shape index (κ3) is 2.56. The van der Waals surface area contributed by atoms with Gasteiger partial charge in [-0.15, -0.1) is 0 Å². The van der Waals surface area contributed by atoms with E-state index in [9.17, 15) is 13.9 Å². The molecule has 7 heteroatoms. The molecule has 1 saturated heterocycles. The molecule has 0 atom stereocenters. The van der Waals surface area contributed by atoms with E-state index in [4.69, 9.17) is 4.74 Å². The maximum absolute atomic E-state index is 14.2. The molecule has 2 aromatic heterocycles. The fraction of sp³-hybridized carbons (Fsp3) is 0.235. The zero-order valence-electron chi connectivity index (χ0n) is 12.7. The smallest absolute Gasteiger partial charge is 0.145 e. The summed E-state index contributed by atoms with van der Waals surface area (Å²) in [4.78, 5) is 4.06. The van der Waals surface area contributed by atoms with Gasteiger partial charge in [-0.25, -0.2) is 13.8 Å². The van der Waals surface area contributed by atoms with Gasteiger partial charge in [0.15, 0.2) is 0 Å². The van der Waals surface area contributed by atoms with Gasteiger partial charge in [0.25, 0.3) is 0 Å². The van der Waals surface area contributed by atoms with E-state index in [0.717, 1.165) is 30.7 Å². The molecule has 124 valence electrons. The normalized spacial score (nSPS) is 14.8. The number of nitrogens with one attached hydrogen (secondary N) is 1. The minimum Gasteiger partial charge on any atom is -0.508 e. The molecule has 1 aliphatic heterocycles. The number of pyridine rings is 1. The SMILES string of the molecule is Oc1cc(F)c(-c2cc(OCC3CNC3)c3cncn3c2)c(F)c1. The van der Waals surface area contributed by atoms with Gasteiger partial charge in [0.2, 0.25) is 0 Å². The summed E-state index contributed by atoms with van der Waals surface area (Å²) in [6, 6.07) is 3.37. The van der Waals surface area contributed by atoms with Crippen LogP contribution in [0.5, 0.6) is 11.5 Å². The van der Waals surface area contributed by atoms with Gasteiger partial charge in [-0.3, -0.25) is 0 Å². The highest BCUT2D eigenvalue weighted by Crippen LogP contribution is 2.33. The Balaban J connectivity index is 1.78. The molecule has 0 bridgehead atoms. The van der Waals surface area contributed by atoms with Crippen molar-refractivity contribution in [3.8, 4) is 22.6 Å². The molecular formula is C17H15F2N3O2. The molecule has 0 spiro atoms. The van der Waals surface area contributed by atoms with Gasteiger partial charge in [-0.2, -0.15) is 0 Å². The Hall–Kier alpha value is -2.67. The molecule has 1 fully saturated rings. The summed E-state index contributed by atoms with van der Waals surface area (Å²) >= 11 is 0. The Labute approximate surface area is 136 Å². The van der Waals surface area contributed by atoms with E-state index in [2.05, 4.69) is 10.3 Å². The molecule has 3 aromatic rings. The number of phenolic OH excluding ortho intramolecular Hbond substituents is 1. The largest absolute Gasteiger partial charge is 0.508 e. The van der Waals surface area contributed by atoms with Gasteiger partial charge in [-0.05, 0) is 6.07 Å². The van der Waals surface area contributed by atoms with E-state index in [1.165, 1.54) is 0 Å². The van der Waals surface area contributed by atoms with E-state index in [1.807, 2.05) is 0 Å². The summed E-state index contributed by atoms with van der Waals surface area (Å²) in [6.45, 7) is 2.32. The van der Waals surface area contributed by atoms with Crippen molar-refractivity contribution >= 4 is 5.52 Å². The minimum atomic E-state index is -0.832. The Morgan fingerprint density at radius 1 is 1.25 bits per heavy atom. The maximum atomic E-state index is 14.2. The fourth-order valence-electron chi connectivity index (χ4n) is 2.76. The Morgan fingerprint density at radius 2 is 2.00 bits per heavy atom. The number of fused-ring (bicyclic) bond motifs is 1. The second-order valence-corrected chi connectivity index (χ2v) is 5.90. The number of hydrogen-bond donors (Lipinski definition) is 2. The molecule has 1 aliphatic rings. The number of aromatic hydroxyl groups is 1. The van der Waals surface area contributed by atoms with Gasteiger partial charge < -0.3 is 19.6 Å². The lowest BCUT2D eigenvalue weighted by atomic mass is 10.0. The predicted molar refractivity (Wildman–Crippen MR) is 84.1 cm³/mol. The van der Waals surface area contributed by atoms with Crippen molar-refractivity contribution in [2.75, 3.05) is 19.7 Å². The summed E-state index contributed by atoms with van der Waals surface area (Å²) < 4.78 is 35.8. The third-order valence-corrected chi connectivity index (χ3v) is 4.14. The highest BCUT2D eigenvalue weighted by molar-refractivity contribution is 5.72. The molecule has 24 heavy (non-hydrogen) atoms. The molecule has 3 heterocycles. The molecule has 4 rings (SSSR count). The zero-order chi connectivity index (χ0) is 16.7. The second kappa shape index (κ2) is 5.76. The number of imidazole rings is 1. The monoisotopic (exact) mass is 331 g/mol.